The van der Waals surface area contributed by atoms with Gasteiger partial charge >= 0.3 is 0 Å². The fourth-order valence-electron chi connectivity index (χ4n) is 4.06. The van der Waals surface area contributed by atoms with E-state index in [-0.39, 0.29) is 36.5 Å². The van der Waals surface area contributed by atoms with Gasteiger partial charge in [0.05, 0.1) is 24.1 Å². The molecule has 0 radical (unpaired) electrons. The molecule has 2 aromatic carbocycles. The Kier molecular flexibility index (Phi) is 8.00. The van der Waals surface area contributed by atoms with Gasteiger partial charge in [0.15, 0.2) is 0 Å². The van der Waals surface area contributed by atoms with Crippen LogP contribution in [0.15, 0.2) is 76.0 Å². The summed E-state index contributed by atoms with van der Waals surface area (Å²) in [6, 6.07) is 17.7. The van der Waals surface area contributed by atoms with Crippen molar-refractivity contribution in [1.82, 2.24) is 9.21 Å². The van der Waals surface area contributed by atoms with Crippen LogP contribution >= 0.6 is 0 Å². The molecule has 0 spiro atoms. The van der Waals surface area contributed by atoms with E-state index >= 15 is 0 Å². The van der Waals surface area contributed by atoms with Crippen molar-refractivity contribution < 1.29 is 26.8 Å². The van der Waals surface area contributed by atoms with Crippen LogP contribution in [-0.2, 0) is 32.6 Å². The van der Waals surface area contributed by atoms with E-state index in [0.29, 0.717) is 25.3 Å². The van der Waals surface area contributed by atoms with Gasteiger partial charge in [-0.15, -0.1) is 0 Å². The van der Waals surface area contributed by atoms with Crippen LogP contribution in [0.25, 0.3) is 0 Å². The Hall–Kier alpha value is -3.01. The number of halogens is 1. The molecule has 1 fully saturated rings. The van der Waals surface area contributed by atoms with Crippen molar-refractivity contribution in [2.45, 2.75) is 43.9 Å². The molecular weight excluding hydrogens is 471 g/mol. The minimum atomic E-state index is -4.06. The Morgan fingerprint density at radius 3 is 2.40 bits per heavy atom. The molecule has 35 heavy (non-hydrogen) atoms. The highest BCUT2D eigenvalue weighted by atomic mass is 32.2. The van der Waals surface area contributed by atoms with Gasteiger partial charge < -0.3 is 14.1 Å². The topological polar surface area (TPSA) is 80.1 Å². The van der Waals surface area contributed by atoms with Crippen molar-refractivity contribution in [2.24, 2.45) is 0 Å². The van der Waals surface area contributed by atoms with Crippen molar-refractivity contribution in [3.05, 3.63) is 89.6 Å². The largest absolute Gasteiger partial charge is 0.464 e. The van der Waals surface area contributed by atoms with E-state index in [9.17, 15) is 17.6 Å². The zero-order valence-electron chi connectivity index (χ0n) is 19.6. The molecule has 0 N–H and O–H groups in total. The van der Waals surface area contributed by atoms with Crippen LogP contribution in [0.4, 0.5) is 4.39 Å². The van der Waals surface area contributed by atoms with Gasteiger partial charge in [-0.2, -0.15) is 4.31 Å². The number of benzene rings is 2. The van der Waals surface area contributed by atoms with Crippen molar-refractivity contribution in [1.29, 1.82) is 0 Å². The van der Waals surface area contributed by atoms with Gasteiger partial charge in [0, 0.05) is 19.7 Å². The first-order valence-electron chi connectivity index (χ1n) is 11.6. The van der Waals surface area contributed by atoms with Gasteiger partial charge in [-0.25, -0.2) is 12.8 Å². The summed E-state index contributed by atoms with van der Waals surface area (Å²) in [6.07, 6.45) is 1.25. The van der Waals surface area contributed by atoms with Gasteiger partial charge in [0.25, 0.3) is 0 Å². The van der Waals surface area contributed by atoms with E-state index in [1.807, 2.05) is 43.3 Å². The Morgan fingerprint density at radius 2 is 1.77 bits per heavy atom. The number of aryl methyl sites for hydroxylation is 1. The number of hydrogen-bond donors (Lipinski definition) is 0. The molecule has 1 amide bonds. The summed E-state index contributed by atoms with van der Waals surface area (Å²) in [5.41, 5.74) is 0.913. The van der Waals surface area contributed by atoms with Crippen molar-refractivity contribution >= 4 is 15.9 Å². The predicted octanol–water partition coefficient (Wildman–Crippen LogP) is 4.13. The Labute approximate surface area is 205 Å². The summed E-state index contributed by atoms with van der Waals surface area (Å²) in [5.74, 6) is 0.435. The van der Waals surface area contributed by atoms with Crippen LogP contribution in [0.3, 0.4) is 0 Å². The Balaban J connectivity index is 1.59. The van der Waals surface area contributed by atoms with Gasteiger partial charge in [0.2, 0.25) is 15.9 Å². The second-order valence-electron chi connectivity index (χ2n) is 8.63. The molecule has 1 aliphatic heterocycles. The van der Waals surface area contributed by atoms with Gasteiger partial charge in [-0.1, -0.05) is 30.3 Å². The molecule has 1 aliphatic rings. The molecule has 1 unspecified atom stereocenters. The van der Waals surface area contributed by atoms with Crippen molar-refractivity contribution in [3.63, 3.8) is 0 Å². The molecular formula is C26H29FN2O5S. The molecule has 0 aliphatic carbocycles. The third-order valence-corrected chi connectivity index (χ3v) is 7.73. The number of furan rings is 1. The number of ether oxygens (including phenoxy) is 1. The Bertz CT molecular complexity index is 1220. The van der Waals surface area contributed by atoms with Crippen molar-refractivity contribution in [2.75, 3.05) is 19.7 Å². The van der Waals surface area contributed by atoms with Gasteiger partial charge in [0.1, 0.15) is 17.3 Å². The molecule has 0 saturated carbocycles. The van der Waals surface area contributed by atoms with Crippen LogP contribution in [0.2, 0.25) is 0 Å². The molecule has 3 aromatic rings. The molecule has 0 bridgehead atoms. The first kappa shape index (κ1) is 25.1. The van der Waals surface area contributed by atoms with E-state index in [0.717, 1.165) is 34.2 Å². The van der Waals surface area contributed by atoms with Crippen LogP contribution in [0.5, 0.6) is 0 Å². The average Bonchev–Trinajstić information content (AvgIpc) is 3.50. The summed E-state index contributed by atoms with van der Waals surface area (Å²) in [6.45, 7) is 2.55. The fourth-order valence-corrected chi connectivity index (χ4v) is 5.48. The zero-order valence-corrected chi connectivity index (χ0v) is 20.4. The van der Waals surface area contributed by atoms with E-state index in [1.165, 1.54) is 12.1 Å². The highest BCUT2D eigenvalue weighted by molar-refractivity contribution is 7.89. The highest BCUT2D eigenvalue weighted by Crippen LogP contribution is 2.22. The summed E-state index contributed by atoms with van der Waals surface area (Å²) < 4.78 is 52.9. The predicted molar refractivity (Wildman–Crippen MR) is 128 cm³/mol. The Morgan fingerprint density at radius 1 is 1.03 bits per heavy atom. The quantitative estimate of drug-likeness (QED) is 0.418. The molecule has 1 saturated heterocycles. The first-order chi connectivity index (χ1) is 16.8. The molecule has 7 nitrogen and oxygen atoms in total. The van der Waals surface area contributed by atoms with E-state index in [4.69, 9.17) is 9.15 Å². The lowest BCUT2D eigenvalue weighted by Crippen LogP contribution is -2.45. The fraction of sp³-hybridized carbons (Fsp3) is 0.346. The molecule has 1 aromatic heterocycles. The maximum absolute atomic E-state index is 13.6. The number of carbonyl (C=O) groups is 1. The van der Waals surface area contributed by atoms with Gasteiger partial charge in [-0.05, 0) is 61.7 Å². The summed E-state index contributed by atoms with van der Waals surface area (Å²) >= 11 is 0. The summed E-state index contributed by atoms with van der Waals surface area (Å²) in [5, 5.41) is 0. The summed E-state index contributed by atoms with van der Waals surface area (Å²) in [4.78, 5) is 15.1. The maximum Gasteiger partial charge on any atom is 0.243 e. The lowest BCUT2D eigenvalue weighted by Gasteiger charge is -2.28. The van der Waals surface area contributed by atoms with Gasteiger partial charge in [-0.3, -0.25) is 4.79 Å². The SMILES string of the molecule is Cc1ccc(CN(Cc2ccccc2)C(=O)CN(CC2CCCO2)S(=O)(=O)c2ccc(F)cc2)o1. The normalized spacial score (nSPS) is 16.0. The smallest absolute Gasteiger partial charge is 0.243 e. The maximum atomic E-state index is 13.6. The third kappa shape index (κ3) is 6.56. The molecule has 186 valence electrons. The lowest BCUT2D eigenvalue weighted by molar-refractivity contribution is -0.133. The number of carbonyl (C=O) groups excluding carboxylic acids is 1. The highest BCUT2D eigenvalue weighted by Gasteiger charge is 2.32. The molecule has 2 heterocycles. The standard InChI is InChI=1S/C26H29FN2O5S/c1-20-9-12-24(34-20)17-28(16-21-6-3-2-4-7-21)26(30)19-29(18-23-8-5-15-33-23)35(31,32)25-13-10-22(27)11-14-25/h2-4,6-7,9-14,23H,5,8,15-19H2,1H3. The van der Waals surface area contributed by atoms with Crippen LogP contribution in [0.1, 0.15) is 29.9 Å². The number of hydrogen-bond acceptors (Lipinski definition) is 5. The molecule has 1 atom stereocenters. The monoisotopic (exact) mass is 500 g/mol. The third-order valence-electron chi connectivity index (χ3n) is 5.91. The number of amides is 1. The van der Waals surface area contributed by atoms with Crippen LogP contribution in [-0.4, -0.2) is 49.3 Å². The van der Waals surface area contributed by atoms with E-state index in [2.05, 4.69) is 0 Å². The van der Waals surface area contributed by atoms with Crippen LogP contribution < -0.4 is 0 Å². The number of rotatable bonds is 10. The average molecular weight is 501 g/mol. The van der Waals surface area contributed by atoms with E-state index < -0.39 is 15.8 Å². The molecule has 4 rings (SSSR count). The minimum absolute atomic E-state index is 0.0461. The first-order valence-corrected chi connectivity index (χ1v) is 13.0. The second-order valence-corrected chi connectivity index (χ2v) is 10.6. The minimum Gasteiger partial charge on any atom is -0.464 e. The molecule has 9 heteroatoms. The van der Waals surface area contributed by atoms with Crippen LogP contribution in [0, 0.1) is 12.7 Å². The van der Waals surface area contributed by atoms with Crippen molar-refractivity contribution in [3.8, 4) is 0 Å². The zero-order chi connectivity index (χ0) is 24.8. The van der Waals surface area contributed by atoms with E-state index in [1.54, 1.807) is 11.0 Å². The number of sulfonamides is 1. The second kappa shape index (κ2) is 11.2. The lowest BCUT2D eigenvalue weighted by atomic mass is 10.2. The number of nitrogens with zero attached hydrogens (tertiary/aromatic N) is 2. The summed E-state index contributed by atoms with van der Waals surface area (Å²) in [7, 11) is -4.06.